The van der Waals surface area contributed by atoms with Gasteiger partial charge in [0.1, 0.15) is 0 Å². The molecule has 0 heterocycles. The molecule has 0 bridgehead atoms. The van der Waals surface area contributed by atoms with Crippen molar-refractivity contribution in [1.82, 2.24) is 0 Å². The van der Waals surface area contributed by atoms with Crippen LogP contribution in [0.2, 0.25) is 0 Å². The number of allylic oxidation sites excluding steroid dienone is 6. The molecule has 0 aromatic rings. The quantitative estimate of drug-likeness (QED) is 0.433. The highest BCUT2D eigenvalue weighted by Crippen LogP contribution is 2.12. The molecule has 68 valence electrons. The zero-order valence-corrected chi connectivity index (χ0v) is 7.38. The van der Waals surface area contributed by atoms with Crippen molar-refractivity contribution < 1.29 is 0 Å². The second-order valence-corrected chi connectivity index (χ2v) is 2.43. The lowest BCUT2D eigenvalue weighted by Gasteiger charge is -2.05. The van der Waals surface area contributed by atoms with E-state index in [0.29, 0.717) is 5.92 Å². The van der Waals surface area contributed by atoms with Crippen LogP contribution in [0, 0.1) is 5.92 Å². The summed E-state index contributed by atoms with van der Waals surface area (Å²) in [5.74, 6) is 0.407. The first-order chi connectivity index (χ1) is 5.26. The Balaban J connectivity index is 0. The predicted molar refractivity (Wildman–Crippen MR) is 59.2 cm³/mol. The third-order valence-corrected chi connectivity index (χ3v) is 1.55. The molecule has 0 radical (unpaired) electrons. The van der Waals surface area contributed by atoms with Gasteiger partial charge in [-0.05, 0) is 18.4 Å². The van der Waals surface area contributed by atoms with Gasteiger partial charge >= 0.3 is 0 Å². The van der Waals surface area contributed by atoms with E-state index in [1.165, 1.54) is 5.57 Å². The summed E-state index contributed by atoms with van der Waals surface area (Å²) < 4.78 is 0. The van der Waals surface area contributed by atoms with E-state index >= 15 is 0 Å². The Morgan fingerprint density at radius 2 is 1.92 bits per heavy atom. The van der Waals surface area contributed by atoms with Crippen LogP contribution < -0.4 is 0 Å². The van der Waals surface area contributed by atoms with E-state index in [4.69, 9.17) is 0 Å². The van der Waals surface area contributed by atoms with Crippen molar-refractivity contribution in [3.8, 4) is 0 Å². The monoisotopic (exact) mass is 164 g/mol. The van der Waals surface area contributed by atoms with Crippen molar-refractivity contribution in [2.24, 2.45) is 5.92 Å². The van der Waals surface area contributed by atoms with E-state index in [0.717, 1.165) is 0 Å². The Morgan fingerprint density at radius 1 is 1.33 bits per heavy atom. The summed E-state index contributed by atoms with van der Waals surface area (Å²) in [6.07, 6.45) is 9.83. The maximum absolute atomic E-state index is 3.74. The molecule has 0 aliphatic rings. The summed E-state index contributed by atoms with van der Waals surface area (Å²) in [6, 6.07) is 0. The van der Waals surface area contributed by atoms with Crippen LogP contribution in [0.4, 0.5) is 0 Å². The Kier molecular flexibility index (Phi) is 9.10. The molecule has 0 saturated heterocycles. The van der Waals surface area contributed by atoms with Gasteiger partial charge in [0.25, 0.3) is 0 Å². The fraction of sp³-hybridized carbons (Fsp3) is 0.333. The molecule has 0 saturated carbocycles. The van der Waals surface area contributed by atoms with Crippen molar-refractivity contribution in [2.45, 2.75) is 21.3 Å². The average Bonchev–Trinajstić information content (AvgIpc) is 2.03. The smallest absolute Gasteiger partial charge is 0.00132 e. The second kappa shape index (κ2) is 8.06. The lowest BCUT2D eigenvalue weighted by atomic mass is 10.0. The van der Waals surface area contributed by atoms with Gasteiger partial charge in [-0.2, -0.15) is 0 Å². The molecule has 0 aliphatic heterocycles. The van der Waals surface area contributed by atoms with Crippen LogP contribution in [0.1, 0.15) is 21.3 Å². The Hall–Kier alpha value is -1.04. The first-order valence-corrected chi connectivity index (χ1v) is 3.84. The fourth-order valence-corrected chi connectivity index (χ4v) is 0.824. The Morgan fingerprint density at radius 3 is 2.25 bits per heavy atom. The van der Waals surface area contributed by atoms with Crippen LogP contribution in [-0.2, 0) is 0 Å². The van der Waals surface area contributed by atoms with Gasteiger partial charge < -0.3 is 0 Å². The zero-order chi connectivity index (χ0) is 8.69. The van der Waals surface area contributed by atoms with E-state index in [9.17, 15) is 0 Å². The summed E-state index contributed by atoms with van der Waals surface area (Å²) in [5, 5.41) is 0. The minimum absolute atomic E-state index is 0. The van der Waals surface area contributed by atoms with Gasteiger partial charge in [0.05, 0.1) is 0 Å². The van der Waals surface area contributed by atoms with Crippen molar-refractivity contribution in [3.05, 3.63) is 49.1 Å². The summed E-state index contributed by atoms with van der Waals surface area (Å²) in [4.78, 5) is 0. The third kappa shape index (κ3) is 4.73. The van der Waals surface area contributed by atoms with Crippen molar-refractivity contribution in [3.63, 3.8) is 0 Å². The Labute approximate surface area is 77.0 Å². The summed E-state index contributed by atoms with van der Waals surface area (Å²) in [7, 11) is 0. The third-order valence-electron chi connectivity index (χ3n) is 1.55. The van der Waals surface area contributed by atoms with Crippen LogP contribution in [0.15, 0.2) is 49.1 Å². The molecule has 0 aromatic heterocycles. The van der Waals surface area contributed by atoms with Crippen LogP contribution in [0.5, 0.6) is 0 Å². The van der Waals surface area contributed by atoms with Gasteiger partial charge in [0, 0.05) is 0 Å². The molecule has 0 N–H and O–H groups in total. The van der Waals surface area contributed by atoms with Crippen LogP contribution >= 0.6 is 0 Å². The molecule has 0 aliphatic carbocycles. The van der Waals surface area contributed by atoms with Gasteiger partial charge in [-0.3, -0.25) is 0 Å². The Bertz CT molecular complexity index is 182. The highest BCUT2D eigenvalue weighted by Gasteiger charge is 1.97. The minimum atomic E-state index is 0. The van der Waals surface area contributed by atoms with Crippen molar-refractivity contribution in [1.29, 1.82) is 0 Å². The summed E-state index contributed by atoms with van der Waals surface area (Å²) in [6.45, 7) is 11.5. The minimum Gasteiger partial charge on any atom is -0.102 e. The second-order valence-electron chi connectivity index (χ2n) is 2.43. The lowest BCUT2D eigenvalue weighted by Crippen LogP contribution is -1.90. The molecule has 0 fully saturated rings. The van der Waals surface area contributed by atoms with E-state index < -0.39 is 0 Å². The van der Waals surface area contributed by atoms with Crippen LogP contribution in [0.3, 0.4) is 0 Å². The predicted octanol–water partition coefficient (Wildman–Crippen LogP) is 4.13. The summed E-state index contributed by atoms with van der Waals surface area (Å²) in [5.41, 5.74) is 1.25. The molecular weight excluding hydrogens is 144 g/mol. The largest absolute Gasteiger partial charge is 0.102 e. The van der Waals surface area contributed by atoms with E-state index in [1.807, 2.05) is 25.2 Å². The van der Waals surface area contributed by atoms with Gasteiger partial charge in [0.15, 0.2) is 0 Å². The first kappa shape index (κ1) is 13.5. The van der Waals surface area contributed by atoms with E-state index in [-0.39, 0.29) is 7.43 Å². The molecule has 0 rings (SSSR count). The molecule has 0 amide bonds. The zero-order valence-electron chi connectivity index (χ0n) is 7.38. The van der Waals surface area contributed by atoms with Crippen molar-refractivity contribution >= 4 is 0 Å². The van der Waals surface area contributed by atoms with Gasteiger partial charge in [-0.15, -0.1) is 6.58 Å². The molecule has 0 heteroatoms. The highest BCUT2D eigenvalue weighted by atomic mass is 14.0. The number of hydrogen-bond donors (Lipinski definition) is 0. The summed E-state index contributed by atoms with van der Waals surface area (Å²) >= 11 is 0. The molecule has 0 aromatic carbocycles. The molecule has 1 unspecified atom stereocenters. The molecule has 0 nitrogen and oxygen atoms in total. The average molecular weight is 164 g/mol. The number of rotatable bonds is 4. The van der Waals surface area contributed by atoms with Gasteiger partial charge in [-0.25, -0.2) is 0 Å². The van der Waals surface area contributed by atoms with Crippen LogP contribution in [-0.4, -0.2) is 0 Å². The molecule has 12 heavy (non-hydrogen) atoms. The molecular formula is C12H20. The maximum Gasteiger partial charge on any atom is -0.00132 e. The van der Waals surface area contributed by atoms with Crippen molar-refractivity contribution in [2.75, 3.05) is 0 Å². The fourth-order valence-electron chi connectivity index (χ4n) is 0.824. The first-order valence-electron chi connectivity index (χ1n) is 3.84. The van der Waals surface area contributed by atoms with E-state index in [1.54, 1.807) is 6.08 Å². The highest BCUT2D eigenvalue weighted by molar-refractivity contribution is 5.27. The SMILES string of the molecule is C.C=C/C=C(\C=C/C)C(C)C=C. The van der Waals surface area contributed by atoms with Gasteiger partial charge in [0.2, 0.25) is 0 Å². The van der Waals surface area contributed by atoms with E-state index in [2.05, 4.69) is 26.2 Å². The molecule has 0 spiro atoms. The van der Waals surface area contributed by atoms with Gasteiger partial charge in [-0.1, -0.05) is 51.3 Å². The maximum atomic E-state index is 3.74. The standard InChI is InChI=1S/C11H16.CH4/c1-5-8-11(9-6-2)10(4)7-3;/h5-10H,1,3H2,2,4H3;1H4/b9-6-,11-8+;. The normalized spacial score (nSPS) is 13.7. The lowest BCUT2D eigenvalue weighted by molar-refractivity contribution is 0.894. The molecule has 1 atom stereocenters. The topological polar surface area (TPSA) is 0 Å². The van der Waals surface area contributed by atoms with Crippen LogP contribution in [0.25, 0.3) is 0 Å². The number of hydrogen-bond acceptors (Lipinski definition) is 0.